The van der Waals surface area contributed by atoms with Crippen molar-refractivity contribution >= 4 is 27.3 Å². The Labute approximate surface area is 207 Å². The summed E-state index contributed by atoms with van der Waals surface area (Å²) in [4.78, 5) is 33.4. The van der Waals surface area contributed by atoms with Crippen molar-refractivity contribution < 1.29 is 27.5 Å². The van der Waals surface area contributed by atoms with E-state index in [4.69, 9.17) is 9.47 Å². The predicted molar refractivity (Wildman–Crippen MR) is 129 cm³/mol. The number of fused-ring (bicyclic) bond motifs is 2. The summed E-state index contributed by atoms with van der Waals surface area (Å²) in [6, 6.07) is 14.9. The Balaban J connectivity index is 1.48. The number of hydrogen-bond donors (Lipinski definition) is 0. The van der Waals surface area contributed by atoms with Gasteiger partial charge in [0.05, 0.1) is 36.5 Å². The molecule has 0 saturated carbocycles. The highest BCUT2D eigenvalue weighted by Crippen LogP contribution is 2.38. The number of anilines is 1. The maximum Gasteiger partial charge on any atom is 0.243 e. The fraction of sp³-hybridized carbons (Fsp3) is 0.192. The Morgan fingerprint density at radius 3 is 2.47 bits per heavy atom. The van der Waals surface area contributed by atoms with E-state index in [1.807, 2.05) is 12.1 Å². The van der Waals surface area contributed by atoms with E-state index >= 15 is 0 Å². The zero-order valence-corrected chi connectivity index (χ0v) is 19.9. The fourth-order valence-corrected chi connectivity index (χ4v) is 6.07. The lowest BCUT2D eigenvalue weighted by atomic mass is 9.90. The molecule has 182 valence electrons. The van der Waals surface area contributed by atoms with Crippen molar-refractivity contribution in [2.24, 2.45) is 0 Å². The van der Waals surface area contributed by atoms with Crippen LogP contribution in [0.25, 0.3) is 0 Å². The van der Waals surface area contributed by atoms with Crippen LogP contribution in [0.3, 0.4) is 0 Å². The SMILES string of the molecule is O=C1C2=C(C(=O)c3ccc(S(=O)(=O)N4CCOCC4)cc31)N(c1cccnc1)Cc1ccccc1O2. The minimum absolute atomic E-state index is 0.00129. The van der Waals surface area contributed by atoms with Gasteiger partial charge in [0.15, 0.2) is 0 Å². The highest BCUT2D eigenvalue weighted by molar-refractivity contribution is 7.89. The molecule has 3 heterocycles. The van der Waals surface area contributed by atoms with Crippen LogP contribution in [0.4, 0.5) is 5.69 Å². The van der Waals surface area contributed by atoms with Gasteiger partial charge in [-0.2, -0.15) is 4.31 Å². The van der Waals surface area contributed by atoms with E-state index < -0.39 is 21.6 Å². The molecule has 0 atom stereocenters. The molecule has 2 aliphatic heterocycles. The number of Topliss-reactive ketones (excluding diaryl/α,β-unsaturated/α-hetero) is 2. The van der Waals surface area contributed by atoms with E-state index in [-0.39, 0.29) is 40.6 Å². The first-order chi connectivity index (χ1) is 17.4. The Morgan fingerprint density at radius 2 is 1.69 bits per heavy atom. The third kappa shape index (κ3) is 3.62. The lowest BCUT2D eigenvalue weighted by Crippen LogP contribution is -2.40. The van der Waals surface area contributed by atoms with E-state index in [1.165, 1.54) is 22.5 Å². The van der Waals surface area contributed by atoms with Crippen LogP contribution in [0.1, 0.15) is 26.3 Å². The van der Waals surface area contributed by atoms with Crippen LogP contribution < -0.4 is 9.64 Å². The van der Waals surface area contributed by atoms with Crippen LogP contribution in [0.2, 0.25) is 0 Å². The molecule has 3 aromatic rings. The fourth-order valence-electron chi connectivity index (χ4n) is 4.63. The van der Waals surface area contributed by atoms with Gasteiger partial charge in [-0.15, -0.1) is 0 Å². The molecular weight excluding hydrogens is 482 g/mol. The first-order valence-electron chi connectivity index (χ1n) is 11.4. The number of nitrogens with zero attached hydrogens (tertiary/aromatic N) is 3. The van der Waals surface area contributed by atoms with Crippen molar-refractivity contribution in [3.05, 3.63) is 95.1 Å². The summed E-state index contributed by atoms with van der Waals surface area (Å²) in [7, 11) is -3.86. The summed E-state index contributed by atoms with van der Waals surface area (Å²) >= 11 is 0. The molecule has 9 nitrogen and oxygen atoms in total. The number of sulfonamides is 1. The summed E-state index contributed by atoms with van der Waals surface area (Å²) in [5.41, 5.74) is 1.64. The van der Waals surface area contributed by atoms with Gasteiger partial charge < -0.3 is 14.4 Å². The molecule has 1 saturated heterocycles. The number of benzene rings is 2. The summed E-state index contributed by atoms with van der Waals surface area (Å²) in [6.07, 6.45) is 3.24. The van der Waals surface area contributed by atoms with E-state index in [1.54, 1.807) is 41.6 Å². The largest absolute Gasteiger partial charge is 0.450 e. The molecule has 3 aliphatic rings. The molecule has 0 bridgehead atoms. The Morgan fingerprint density at radius 1 is 0.889 bits per heavy atom. The molecule has 0 amide bonds. The zero-order valence-electron chi connectivity index (χ0n) is 19.1. The number of aromatic nitrogens is 1. The number of carbonyl (C=O) groups is 2. The molecule has 6 rings (SSSR count). The van der Waals surface area contributed by atoms with Gasteiger partial charge in [-0.1, -0.05) is 18.2 Å². The number of pyridine rings is 1. The van der Waals surface area contributed by atoms with Gasteiger partial charge in [0.1, 0.15) is 11.4 Å². The minimum atomic E-state index is -3.86. The molecule has 1 aromatic heterocycles. The van der Waals surface area contributed by atoms with Crippen molar-refractivity contribution in [1.29, 1.82) is 0 Å². The third-order valence-corrected chi connectivity index (χ3v) is 8.36. The van der Waals surface area contributed by atoms with Gasteiger partial charge in [-0.25, -0.2) is 8.42 Å². The molecule has 10 heteroatoms. The predicted octanol–water partition coefficient (Wildman–Crippen LogP) is 2.79. The van der Waals surface area contributed by atoms with Crippen LogP contribution in [-0.2, 0) is 21.3 Å². The first-order valence-corrected chi connectivity index (χ1v) is 12.9. The summed E-state index contributed by atoms with van der Waals surface area (Å²) in [5.74, 6) is -0.656. The number of allylic oxidation sites excluding steroid dienone is 2. The number of carbonyl (C=O) groups excluding carboxylic acids is 2. The average molecular weight is 504 g/mol. The summed E-state index contributed by atoms with van der Waals surface area (Å²) < 4.78 is 39.1. The van der Waals surface area contributed by atoms with Gasteiger partial charge in [-0.3, -0.25) is 14.6 Å². The van der Waals surface area contributed by atoms with Gasteiger partial charge >= 0.3 is 0 Å². The minimum Gasteiger partial charge on any atom is -0.450 e. The maximum atomic E-state index is 13.8. The second-order valence-electron chi connectivity index (χ2n) is 8.57. The molecule has 36 heavy (non-hydrogen) atoms. The average Bonchev–Trinajstić information content (AvgIpc) is 3.10. The summed E-state index contributed by atoms with van der Waals surface area (Å²) in [5, 5.41) is 0. The van der Waals surface area contributed by atoms with Crippen molar-refractivity contribution in [2.75, 3.05) is 31.2 Å². The Kier molecular flexibility index (Phi) is 5.44. The highest BCUT2D eigenvalue weighted by Gasteiger charge is 2.40. The van der Waals surface area contributed by atoms with Crippen molar-refractivity contribution in [3.63, 3.8) is 0 Å². The Bertz CT molecular complexity index is 1530. The molecule has 0 unspecified atom stereocenters. The van der Waals surface area contributed by atoms with Crippen LogP contribution >= 0.6 is 0 Å². The monoisotopic (exact) mass is 503 g/mol. The van der Waals surface area contributed by atoms with E-state index in [2.05, 4.69) is 4.98 Å². The van der Waals surface area contributed by atoms with E-state index in [0.717, 1.165) is 5.56 Å². The summed E-state index contributed by atoms with van der Waals surface area (Å²) in [6.45, 7) is 1.34. The highest BCUT2D eigenvalue weighted by atomic mass is 32.2. The van der Waals surface area contributed by atoms with Gasteiger partial charge in [0.25, 0.3) is 0 Å². The molecule has 1 aliphatic carbocycles. The standard InChI is InChI=1S/C26H21N3O6S/c30-24-20-8-7-19(36(32,33)28-10-12-34-13-11-28)14-21(20)25(31)26-23(24)29(18-5-3-9-27-15-18)16-17-4-1-2-6-22(17)35-26/h1-9,14-15H,10-13,16H2. The first kappa shape index (κ1) is 22.6. The van der Waals surface area contributed by atoms with Crippen molar-refractivity contribution in [1.82, 2.24) is 9.29 Å². The number of hydrogen-bond acceptors (Lipinski definition) is 8. The second kappa shape index (κ2) is 8.66. The number of para-hydroxylation sites is 1. The molecule has 0 N–H and O–H groups in total. The lowest BCUT2D eigenvalue weighted by molar-refractivity contribution is 0.0730. The lowest BCUT2D eigenvalue weighted by Gasteiger charge is -2.29. The molecule has 2 aromatic carbocycles. The smallest absolute Gasteiger partial charge is 0.243 e. The van der Waals surface area contributed by atoms with Crippen molar-refractivity contribution in [2.45, 2.75) is 11.4 Å². The third-order valence-electron chi connectivity index (χ3n) is 6.47. The number of ether oxygens (including phenoxy) is 2. The van der Waals surface area contributed by atoms with Crippen LogP contribution in [0, 0.1) is 0 Å². The maximum absolute atomic E-state index is 13.8. The molecule has 1 fully saturated rings. The molecular formula is C26H21N3O6S. The van der Waals surface area contributed by atoms with Crippen LogP contribution in [-0.4, -0.2) is 55.6 Å². The normalized spacial score (nSPS) is 18.2. The topological polar surface area (TPSA) is 106 Å². The quantitative estimate of drug-likeness (QED) is 0.537. The van der Waals surface area contributed by atoms with Gasteiger partial charge in [-0.05, 0) is 36.4 Å². The number of morpholine rings is 1. The van der Waals surface area contributed by atoms with E-state index in [9.17, 15) is 18.0 Å². The van der Waals surface area contributed by atoms with Crippen LogP contribution in [0.5, 0.6) is 5.75 Å². The zero-order chi connectivity index (χ0) is 24.9. The number of ketones is 2. The van der Waals surface area contributed by atoms with E-state index in [0.29, 0.717) is 31.2 Å². The van der Waals surface area contributed by atoms with Crippen LogP contribution in [0.15, 0.2) is 83.3 Å². The van der Waals surface area contributed by atoms with Gasteiger partial charge in [0.2, 0.25) is 27.3 Å². The van der Waals surface area contributed by atoms with Crippen molar-refractivity contribution in [3.8, 4) is 5.75 Å². The van der Waals surface area contributed by atoms with Gasteiger partial charge in [0, 0.05) is 36.0 Å². The Hall–Kier alpha value is -3.86. The number of rotatable bonds is 3. The molecule has 0 spiro atoms. The molecule has 0 radical (unpaired) electrons. The second-order valence-corrected chi connectivity index (χ2v) is 10.5.